The molecule has 0 aliphatic heterocycles. The monoisotopic (exact) mass is 197 g/mol. The van der Waals surface area contributed by atoms with E-state index in [2.05, 4.69) is 5.32 Å². The quantitative estimate of drug-likeness (QED) is 0.769. The number of rotatable bonds is 4. The highest BCUT2D eigenvalue weighted by Crippen LogP contribution is 2.18. The Morgan fingerprint density at radius 3 is 2.79 bits per heavy atom. The largest absolute Gasteiger partial charge is 0.387 e. The van der Waals surface area contributed by atoms with E-state index in [1.807, 2.05) is 6.92 Å². The maximum Gasteiger partial charge on any atom is 0.129 e. The van der Waals surface area contributed by atoms with Gasteiger partial charge in [-0.2, -0.15) is 0 Å². The first-order chi connectivity index (χ1) is 6.69. The van der Waals surface area contributed by atoms with E-state index in [1.54, 1.807) is 19.2 Å². The van der Waals surface area contributed by atoms with Gasteiger partial charge in [0.1, 0.15) is 5.82 Å². The summed E-state index contributed by atoms with van der Waals surface area (Å²) >= 11 is 0. The fourth-order valence-electron chi connectivity index (χ4n) is 1.37. The van der Waals surface area contributed by atoms with Gasteiger partial charge in [-0.05, 0) is 25.1 Å². The van der Waals surface area contributed by atoms with Crippen molar-refractivity contribution >= 4 is 0 Å². The lowest BCUT2D eigenvalue weighted by Gasteiger charge is -2.12. The summed E-state index contributed by atoms with van der Waals surface area (Å²) in [4.78, 5) is 0. The molecular weight excluding hydrogens is 181 g/mol. The molecule has 2 nitrogen and oxygen atoms in total. The third-order valence-electron chi connectivity index (χ3n) is 2.23. The van der Waals surface area contributed by atoms with Crippen molar-refractivity contribution < 1.29 is 9.50 Å². The first-order valence-corrected chi connectivity index (χ1v) is 4.80. The van der Waals surface area contributed by atoms with E-state index < -0.39 is 6.10 Å². The van der Waals surface area contributed by atoms with Gasteiger partial charge in [-0.3, -0.25) is 0 Å². The number of aliphatic hydroxyl groups excluding tert-OH is 1. The molecule has 0 aliphatic rings. The maximum atomic E-state index is 13.3. The molecule has 0 fully saturated rings. The van der Waals surface area contributed by atoms with Crippen LogP contribution in [0.3, 0.4) is 0 Å². The van der Waals surface area contributed by atoms with Gasteiger partial charge in [0.05, 0.1) is 6.10 Å². The summed E-state index contributed by atoms with van der Waals surface area (Å²) in [5.74, 6) is -0.343. The third-order valence-corrected chi connectivity index (χ3v) is 2.23. The van der Waals surface area contributed by atoms with Crippen molar-refractivity contribution in [3.63, 3.8) is 0 Å². The molecule has 1 aromatic rings. The first-order valence-electron chi connectivity index (χ1n) is 4.80. The number of aryl methyl sites for hydroxylation is 1. The topological polar surface area (TPSA) is 32.3 Å². The predicted molar refractivity (Wildman–Crippen MR) is 54.7 cm³/mol. The van der Waals surface area contributed by atoms with Gasteiger partial charge in [0.15, 0.2) is 0 Å². The lowest BCUT2D eigenvalue weighted by atomic mass is 10.0. The molecule has 1 unspecified atom stereocenters. The molecule has 0 saturated heterocycles. The van der Waals surface area contributed by atoms with E-state index in [1.165, 1.54) is 6.07 Å². The van der Waals surface area contributed by atoms with Gasteiger partial charge >= 0.3 is 0 Å². The SMILES string of the molecule is CCc1ccc(F)c(C(O)CNC)c1. The molecule has 0 radical (unpaired) electrons. The minimum absolute atomic E-state index is 0.343. The minimum Gasteiger partial charge on any atom is -0.387 e. The Balaban J connectivity index is 2.93. The highest BCUT2D eigenvalue weighted by atomic mass is 19.1. The van der Waals surface area contributed by atoms with Crippen molar-refractivity contribution in [3.05, 3.63) is 35.1 Å². The minimum atomic E-state index is -0.772. The molecule has 78 valence electrons. The van der Waals surface area contributed by atoms with Gasteiger partial charge in [-0.1, -0.05) is 19.1 Å². The average molecular weight is 197 g/mol. The number of hydrogen-bond donors (Lipinski definition) is 2. The Morgan fingerprint density at radius 1 is 1.50 bits per heavy atom. The lowest BCUT2D eigenvalue weighted by molar-refractivity contribution is 0.173. The summed E-state index contributed by atoms with van der Waals surface area (Å²) in [7, 11) is 1.73. The van der Waals surface area contributed by atoms with E-state index in [9.17, 15) is 9.50 Å². The van der Waals surface area contributed by atoms with Crippen molar-refractivity contribution in [2.24, 2.45) is 0 Å². The summed E-state index contributed by atoms with van der Waals surface area (Å²) in [6.45, 7) is 2.37. The molecule has 2 N–H and O–H groups in total. The van der Waals surface area contributed by atoms with Gasteiger partial charge < -0.3 is 10.4 Å². The Bertz CT molecular complexity index is 301. The van der Waals surface area contributed by atoms with Crippen molar-refractivity contribution in [2.75, 3.05) is 13.6 Å². The normalized spacial score (nSPS) is 12.9. The van der Waals surface area contributed by atoms with Crippen LogP contribution < -0.4 is 5.32 Å². The second-order valence-corrected chi connectivity index (χ2v) is 3.28. The number of nitrogens with one attached hydrogen (secondary N) is 1. The molecule has 0 aliphatic carbocycles. The number of hydrogen-bond acceptors (Lipinski definition) is 2. The molecule has 0 amide bonds. The Hall–Kier alpha value is -0.930. The predicted octanol–water partition coefficient (Wildman–Crippen LogP) is 1.64. The molecule has 0 spiro atoms. The van der Waals surface area contributed by atoms with Crippen LogP contribution in [0.2, 0.25) is 0 Å². The van der Waals surface area contributed by atoms with E-state index in [4.69, 9.17) is 0 Å². The van der Waals surface area contributed by atoms with Crippen LogP contribution in [0.4, 0.5) is 4.39 Å². The van der Waals surface area contributed by atoms with Gasteiger partial charge in [-0.25, -0.2) is 4.39 Å². The fourth-order valence-corrected chi connectivity index (χ4v) is 1.37. The van der Waals surface area contributed by atoms with Crippen molar-refractivity contribution in [1.82, 2.24) is 5.32 Å². The van der Waals surface area contributed by atoms with Crippen LogP contribution >= 0.6 is 0 Å². The Labute approximate surface area is 83.8 Å². The lowest BCUT2D eigenvalue weighted by Crippen LogP contribution is -2.17. The summed E-state index contributed by atoms with van der Waals surface area (Å²) in [5, 5.41) is 12.4. The third kappa shape index (κ3) is 2.53. The molecular formula is C11H16FNO. The smallest absolute Gasteiger partial charge is 0.129 e. The molecule has 0 heterocycles. The Kier molecular flexibility index (Phi) is 4.04. The van der Waals surface area contributed by atoms with E-state index >= 15 is 0 Å². The van der Waals surface area contributed by atoms with Crippen LogP contribution in [0.1, 0.15) is 24.2 Å². The molecule has 14 heavy (non-hydrogen) atoms. The van der Waals surface area contributed by atoms with E-state index in [0.29, 0.717) is 12.1 Å². The van der Waals surface area contributed by atoms with E-state index in [0.717, 1.165) is 12.0 Å². The first kappa shape index (κ1) is 11.1. The number of aliphatic hydroxyl groups is 1. The zero-order valence-electron chi connectivity index (χ0n) is 8.55. The van der Waals surface area contributed by atoms with Crippen LogP contribution in [0.15, 0.2) is 18.2 Å². The van der Waals surface area contributed by atoms with Gasteiger partial charge in [0.2, 0.25) is 0 Å². The summed E-state index contributed by atoms with van der Waals surface area (Å²) in [6.07, 6.45) is 0.0750. The molecule has 0 aromatic heterocycles. The summed E-state index contributed by atoms with van der Waals surface area (Å²) in [6, 6.07) is 4.87. The zero-order valence-corrected chi connectivity index (χ0v) is 8.55. The van der Waals surface area contributed by atoms with Gasteiger partial charge in [-0.15, -0.1) is 0 Å². The van der Waals surface area contributed by atoms with Gasteiger partial charge in [0, 0.05) is 12.1 Å². The highest BCUT2D eigenvalue weighted by Gasteiger charge is 2.11. The summed E-state index contributed by atoms with van der Waals surface area (Å²) < 4.78 is 13.3. The van der Waals surface area contributed by atoms with Crippen LogP contribution in [0.25, 0.3) is 0 Å². The summed E-state index contributed by atoms with van der Waals surface area (Å²) in [5.41, 5.74) is 1.41. The molecule has 1 rings (SSSR count). The Morgan fingerprint density at radius 2 is 2.21 bits per heavy atom. The second-order valence-electron chi connectivity index (χ2n) is 3.28. The average Bonchev–Trinajstić information content (AvgIpc) is 2.19. The molecule has 1 aromatic carbocycles. The van der Waals surface area contributed by atoms with Crippen LogP contribution in [0, 0.1) is 5.82 Å². The number of halogens is 1. The molecule has 1 atom stereocenters. The molecule has 0 bridgehead atoms. The van der Waals surface area contributed by atoms with E-state index in [-0.39, 0.29) is 5.82 Å². The van der Waals surface area contributed by atoms with Crippen LogP contribution in [-0.2, 0) is 6.42 Å². The van der Waals surface area contributed by atoms with Crippen molar-refractivity contribution in [1.29, 1.82) is 0 Å². The van der Waals surface area contributed by atoms with Crippen LogP contribution in [-0.4, -0.2) is 18.7 Å². The fraction of sp³-hybridized carbons (Fsp3) is 0.455. The number of likely N-dealkylation sites (N-methyl/N-ethyl adjacent to an activating group) is 1. The highest BCUT2D eigenvalue weighted by molar-refractivity contribution is 5.27. The van der Waals surface area contributed by atoms with Crippen molar-refractivity contribution in [3.8, 4) is 0 Å². The second kappa shape index (κ2) is 5.08. The van der Waals surface area contributed by atoms with Crippen molar-refractivity contribution in [2.45, 2.75) is 19.4 Å². The maximum absolute atomic E-state index is 13.3. The molecule has 0 saturated carbocycles. The molecule has 3 heteroatoms. The zero-order chi connectivity index (χ0) is 10.6. The van der Waals surface area contributed by atoms with Crippen LogP contribution in [0.5, 0.6) is 0 Å². The number of benzene rings is 1. The van der Waals surface area contributed by atoms with Gasteiger partial charge in [0.25, 0.3) is 0 Å². The standard InChI is InChI=1S/C11H16FNO/c1-3-8-4-5-10(12)9(6-8)11(14)7-13-2/h4-6,11,13-14H,3,7H2,1-2H3.